The first kappa shape index (κ1) is 9.40. The molecule has 1 aliphatic rings. The van der Waals surface area contributed by atoms with Crippen molar-refractivity contribution in [3.63, 3.8) is 0 Å². The van der Waals surface area contributed by atoms with Gasteiger partial charge in [-0.25, -0.2) is 0 Å². The largest absolute Gasteiger partial charge is 0.299 e. The van der Waals surface area contributed by atoms with Gasteiger partial charge in [-0.3, -0.25) is 9.88 Å². The molecule has 0 spiro atoms. The normalized spacial score (nSPS) is 17.9. The molecule has 0 atom stereocenters. The number of halogens is 1. The second-order valence-corrected chi connectivity index (χ2v) is 4.61. The molecule has 0 aromatic carbocycles. The minimum atomic E-state index is 1.08. The van der Waals surface area contributed by atoms with Crippen molar-refractivity contribution in [1.29, 1.82) is 0 Å². The highest BCUT2D eigenvalue weighted by Crippen LogP contribution is 2.16. The third kappa shape index (κ3) is 2.40. The van der Waals surface area contributed by atoms with E-state index in [-0.39, 0.29) is 0 Å². The van der Waals surface area contributed by atoms with Gasteiger partial charge in [-0.15, -0.1) is 0 Å². The van der Waals surface area contributed by atoms with Crippen LogP contribution in [0.1, 0.15) is 18.4 Å². The van der Waals surface area contributed by atoms with Crippen molar-refractivity contribution in [2.75, 3.05) is 13.1 Å². The molecule has 1 aromatic heterocycles. The number of pyridine rings is 1. The molecule has 2 rings (SSSR count). The molecular formula is C10H13IN2. The average molecular weight is 288 g/mol. The van der Waals surface area contributed by atoms with Crippen molar-refractivity contribution >= 4 is 22.6 Å². The average Bonchev–Trinajstić information content (AvgIpc) is 2.61. The number of likely N-dealkylation sites (tertiary alicyclic amines) is 1. The third-order valence-electron chi connectivity index (χ3n) is 2.44. The van der Waals surface area contributed by atoms with Crippen molar-refractivity contribution in [2.24, 2.45) is 0 Å². The van der Waals surface area contributed by atoms with Crippen LogP contribution in [0.5, 0.6) is 0 Å². The SMILES string of the molecule is Ic1ccncc1CN1CCCC1. The van der Waals surface area contributed by atoms with Crippen LogP contribution in [0.3, 0.4) is 0 Å². The van der Waals surface area contributed by atoms with Crippen LogP contribution in [-0.4, -0.2) is 23.0 Å². The first-order valence-electron chi connectivity index (χ1n) is 4.67. The third-order valence-corrected chi connectivity index (χ3v) is 3.49. The fourth-order valence-corrected chi connectivity index (χ4v) is 2.18. The molecule has 70 valence electrons. The lowest BCUT2D eigenvalue weighted by Crippen LogP contribution is -2.19. The van der Waals surface area contributed by atoms with E-state index in [0.29, 0.717) is 0 Å². The summed E-state index contributed by atoms with van der Waals surface area (Å²) in [5.74, 6) is 0. The summed E-state index contributed by atoms with van der Waals surface area (Å²) in [7, 11) is 0. The molecule has 2 nitrogen and oxygen atoms in total. The zero-order valence-corrected chi connectivity index (χ0v) is 9.70. The molecule has 3 heteroatoms. The van der Waals surface area contributed by atoms with E-state index < -0.39 is 0 Å². The Balaban J connectivity index is 2.04. The van der Waals surface area contributed by atoms with E-state index in [4.69, 9.17) is 0 Å². The van der Waals surface area contributed by atoms with Crippen molar-refractivity contribution in [2.45, 2.75) is 19.4 Å². The molecule has 0 saturated carbocycles. The molecule has 13 heavy (non-hydrogen) atoms. The number of rotatable bonds is 2. The lowest BCUT2D eigenvalue weighted by atomic mass is 10.3. The summed E-state index contributed by atoms with van der Waals surface area (Å²) >= 11 is 2.38. The predicted molar refractivity (Wildman–Crippen MR) is 61.5 cm³/mol. The summed E-state index contributed by atoms with van der Waals surface area (Å²) in [6.45, 7) is 3.59. The Labute approximate surface area is 92.5 Å². The van der Waals surface area contributed by atoms with E-state index in [1.54, 1.807) is 0 Å². The number of hydrogen-bond acceptors (Lipinski definition) is 2. The Morgan fingerprint density at radius 3 is 2.85 bits per heavy atom. The highest BCUT2D eigenvalue weighted by atomic mass is 127. The van der Waals surface area contributed by atoms with Crippen LogP contribution in [0.2, 0.25) is 0 Å². The van der Waals surface area contributed by atoms with Crippen molar-refractivity contribution < 1.29 is 0 Å². The molecule has 1 fully saturated rings. The van der Waals surface area contributed by atoms with Crippen LogP contribution in [-0.2, 0) is 6.54 Å². The molecule has 1 aliphatic heterocycles. The van der Waals surface area contributed by atoms with Gasteiger partial charge in [0, 0.05) is 22.5 Å². The number of aromatic nitrogens is 1. The summed E-state index contributed by atoms with van der Waals surface area (Å²) in [5.41, 5.74) is 1.37. The Hall–Kier alpha value is -0.160. The van der Waals surface area contributed by atoms with Crippen molar-refractivity contribution in [3.05, 3.63) is 27.6 Å². The van der Waals surface area contributed by atoms with E-state index in [1.807, 2.05) is 12.4 Å². The monoisotopic (exact) mass is 288 g/mol. The summed E-state index contributed by atoms with van der Waals surface area (Å²) < 4.78 is 1.33. The lowest BCUT2D eigenvalue weighted by Gasteiger charge is -2.14. The Bertz CT molecular complexity index is 282. The maximum Gasteiger partial charge on any atom is 0.0323 e. The van der Waals surface area contributed by atoms with Gasteiger partial charge in [-0.2, -0.15) is 0 Å². The van der Waals surface area contributed by atoms with Gasteiger partial charge in [0.15, 0.2) is 0 Å². The fraction of sp³-hybridized carbons (Fsp3) is 0.500. The van der Waals surface area contributed by atoms with E-state index in [1.165, 1.54) is 35.1 Å². The molecule has 2 heterocycles. The molecule has 0 aliphatic carbocycles. The maximum atomic E-state index is 4.16. The Morgan fingerprint density at radius 2 is 2.15 bits per heavy atom. The number of hydrogen-bond donors (Lipinski definition) is 0. The Kier molecular flexibility index (Phi) is 3.16. The molecular weight excluding hydrogens is 275 g/mol. The molecule has 0 radical (unpaired) electrons. The quantitative estimate of drug-likeness (QED) is 0.776. The van der Waals surface area contributed by atoms with Crippen LogP contribution in [0.25, 0.3) is 0 Å². The van der Waals surface area contributed by atoms with Gasteiger partial charge in [-0.1, -0.05) is 0 Å². The van der Waals surface area contributed by atoms with Crippen LogP contribution in [0.15, 0.2) is 18.5 Å². The second-order valence-electron chi connectivity index (χ2n) is 3.45. The first-order chi connectivity index (χ1) is 6.36. The zero-order valence-electron chi connectivity index (χ0n) is 7.54. The molecule has 1 aromatic rings. The van der Waals surface area contributed by atoms with E-state index in [2.05, 4.69) is 38.5 Å². The maximum absolute atomic E-state index is 4.16. The number of nitrogens with zero attached hydrogens (tertiary/aromatic N) is 2. The predicted octanol–water partition coefficient (Wildman–Crippen LogP) is 2.28. The van der Waals surface area contributed by atoms with Gasteiger partial charge in [0.2, 0.25) is 0 Å². The minimum absolute atomic E-state index is 1.08. The van der Waals surface area contributed by atoms with E-state index in [0.717, 1.165) is 6.54 Å². The van der Waals surface area contributed by atoms with Crippen LogP contribution in [0, 0.1) is 3.57 Å². The second kappa shape index (κ2) is 4.37. The van der Waals surface area contributed by atoms with Gasteiger partial charge < -0.3 is 0 Å². The summed E-state index contributed by atoms with van der Waals surface area (Å²) in [6, 6.07) is 2.08. The van der Waals surface area contributed by atoms with Gasteiger partial charge in [0.05, 0.1) is 0 Å². The molecule has 0 bridgehead atoms. The standard InChI is InChI=1S/C10H13IN2/c11-10-3-4-12-7-9(10)8-13-5-1-2-6-13/h3-4,7H,1-2,5-6,8H2. The summed E-state index contributed by atoms with van der Waals surface area (Å²) in [4.78, 5) is 6.66. The summed E-state index contributed by atoms with van der Waals surface area (Å²) in [5, 5.41) is 0. The molecule has 0 N–H and O–H groups in total. The van der Waals surface area contributed by atoms with Crippen molar-refractivity contribution in [1.82, 2.24) is 9.88 Å². The van der Waals surface area contributed by atoms with E-state index >= 15 is 0 Å². The highest BCUT2D eigenvalue weighted by Gasteiger charge is 2.12. The Morgan fingerprint density at radius 1 is 1.38 bits per heavy atom. The zero-order chi connectivity index (χ0) is 9.10. The summed E-state index contributed by atoms with van der Waals surface area (Å²) in [6.07, 6.45) is 6.56. The van der Waals surface area contributed by atoms with E-state index in [9.17, 15) is 0 Å². The van der Waals surface area contributed by atoms with Crippen LogP contribution in [0.4, 0.5) is 0 Å². The lowest BCUT2D eigenvalue weighted by molar-refractivity contribution is 0.330. The fourth-order valence-electron chi connectivity index (χ4n) is 1.71. The topological polar surface area (TPSA) is 16.1 Å². The smallest absolute Gasteiger partial charge is 0.0323 e. The first-order valence-corrected chi connectivity index (χ1v) is 5.75. The highest BCUT2D eigenvalue weighted by molar-refractivity contribution is 14.1. The minimum Gasteiger partial charge on any atom is -0.299 e. The van der Waals surface area contributed by atoms with Crippen LogP contribution < -0.4 is 0 Å². The van der Waals surface area contributed by atoms with Gasteiger partial charge in [0.25, 0.3) is 0 Å². The molecule has 0 unspecified atom stereocenters. The van der Waals surface area contributed by atoms with Crippen molar-refractivity contribution in [3.8, 4) is 0 Å². The van der Waals surface area contributed by atoms with Crippen LogP contribution >= 0.6 is 22.6 Å². The molecule has 0 amide bonds. The molecule has 1 saturated heterocycles. The van der Waals surface area contributed by atoms with Gasteiger partial charge in [-0.05, 0) is 60.2 Å². The van der Waals surface area contributed by atoms with Gasteiger partial charge >= 0.3 is 0 Å². The van der Waals surface area contributed by atoms with Gasteiger partial charge in [0.1, 0.15) is 0 Å².